The number of anilines is 1. The topological polar surface area (TPSA) is 54.0 Å². The summed E-state index contributed by atoms with van der Waals surface area (Å²) in [7, 11) is 0. The lowest BCUT2D eigenvalue weighted by Gasteiger charge is -2.16. The summed E-state index contributed by atoms with van der Waals surface area (Å²) in [6.45, 7) is 0.815. The number of rotatable bonds is 6. The Balaban J connectivity index is 2.74. The maximum atomic E-state index is 12.7. The van der Waals surface area contributed by atoms with E-state index >= 15 is 0 Å². The van der Waals surface area contributed by atoms with Crippen LogP contribution in [-0.4, -0.2) is 36.3 Å². The maximum Gasteiger partial charge on any atom is 0.324 e. The first-order chi connectivity index (χ1) is 8.88. The Kier molecular flexibility index (Phi) is 5.08. The van der Waals surface area contributed by atoms with Crippen molar-refractivity contribution in [2.75, 3.05) is 18.4 Å². The normalized spacial score (nSPS) is 11.5. The summed E-state index contributed by atoms with van der Waals surface area (Å²) in [6.07, 6.45) is -2.40. The molecule has 0 radical (unpaired) electrons. The Morgan fingerprint density at radius 3 is 2.74 bits per heavy atom. The molecule has 0 atom stereocenters. The van der Waals surface area contributed by atoms with Crippen LogP contribution in [0.4, 0.5) is 23.4 Å². The standard InChI is InChI=1S/C11H13F4N3O/c1-2-16-8-7(4-3-5-17-8)9(19)18-6-11(14,15)10(12)13/h3-5,10H,2,6H2,1H3,(H,16,17)(H,18,19). The Morgan fingerprint density at radius 1 is 1.47 bits per heavy atom. The van der Waals surface area contributed by atoms with Crippen LogP contribution in [0.3, 0.4) is 0 Å². The van der Waals surface area contributed by atoms with Crippen LogP contribution < -0.4 is 10.6 Å². The molecular formula is C11H13F4N3O. The van der Waals surface area contributed by atoms with Crippen LogP contribution in [0.1, 0.15) is 17.3 Å². The molecule has 0 aliphatic rings. The number of amides is 1. The number of aromatic nitrogens is 1. The average Bonchev–Trinajstić information content (AvgIpc) is 2.37. The first-order valence-corrected chi connectivity index (χ1v) is 5.51. The van der Waals surface area contributed by atoms with Crippen LogP contribution in [-0.2, 0) is 0 Å². The Morgan fingerprint density at radius 2 is 2.16 bits per heavy atom. The zero-order valence-corrected chi connectivity index (χ0v) is 10.1. The highest BCUT2D eigenvalue weighted by Gasteiger charge is 2.40. The first-order valence-electron chi connectivity index (χ1n) is 5.51. The zero-order valence-electron chi connectivity index (χ0n) is 10.1. The minimum Gasteiger partial charge on any atom is -0.370 e. The molecule has 1 aromatic heterocycles. The molecule has 8 heteroatoms. The lowest BCUT2D eigenvalue weighted by molar-refractivity contribution is -0.123. The van der Waals surface area contributed by atoms with Gasteiger partial charge in [0.25, 0.3) is 5.91 Å². The first kappa shape index (κ1) is 15.2. The van der Waals surface area contributed by atoms with Crippen molar-refractivity contribution in [2.45, 2.75) is 19.3 Å². The van der Waals surface area contributed by atoms with Gasteiger partial charge in [-0.1, -0.05) is 0 Å². The van der Waals surface area contributed by atoms with Gasteiger partial charge in [0.2, 0.25) is 0 Å². The lowest BCUT2D eigenvalue weighted by Crippen LogP contribution is -2.41. The minimum atomic E-state index is -4.25. The highest BCUT2D eigenvalue weighted by atomic mass is 19.3. The third-order valence-electron chi connectivity index (χ3n) is 2.20. The predicted molar refractivity (Wildman–Crippen MR) is 61.7 cm³/mol. The molecule has 0 unspecified atom stereocenters. The molecule has 19 heavy (non-hydrogen) atoms. The van der Waals surface area contributed by atoms with Gasteiger partial charge < -0.3 is 10.6 Å². The minimum absolute atomic E-state index is 0.0226. The van der Waals surface area contributed by atoms with E-state index in [0.717, 1.165) is 0 Å². The fourth-order valence-corrected chi connectivity index (χ4v) is 1.27. The number of pyridine rings is 1. The van der Waals surface area contributed by atoms with Gasteiger partial charge >= 0.3 is 12.3 Å². The largest absolute Gasteiger partial charge is 0.370 e. The molecule has 1 heterocycles. The van der Waals surface area contributed by atoms with E-state index in [2.05, 4.69) is 10.3 Å². The number of nitrogens with zero attached hydrogens (tertiary/aromatic N) is 1. The molecule has 0 spiro atoms. The van der Waals surface area contributed by atoms with E-state index in [9.17, 15) is 22.4 Å². The SMILES string of the molecule is CCNc1ncccc1C(=O)NCC(F)(F)C(F)F. The summed E-state index contributed by atoms with van der Waals surface area (Å²) < 4.78 is 49.2. The van der Waals surface area contributed by atoms with Gasteiger partial charge in [0.05, 0.1) is 12.1 Å². The third kappa shape index (κ3) is 4.08. The van der Waals surface area contributed by atoms with Crippen molar-refractivity contribution in [3.63, 3.8) is 0 Å². The number of hydrogen-bond donors (Lipinski definition) is 2. The number of halogens is 4. The van der Waals surface area contributed by atoms with Crippen molar-refractivity contribution in [1.82, 2.24) is 10.3 Å². The van der Waals surface area contributed by atoms with E-state index in [4.69, 9.17) is 0 Å². The van der Waals surface area contributed by atoms with E-state index in [1.54, 1.807) is 12.2 Å². The van der Waals surface area contributed by atoms with Gasteiger partial charge in [-0.3, -0.25) is 4.79 Å². The summed E-state index contributed by atoms with van der Waals surface area (Å²) in [6, 6.07) is 2.81. The molecule has 106 valence electrons. The van der Waals surface area contributed by atoms with Crippen LogP contribution in [0.15, 0.2) is 18.3 Å². The Labute approximate surface area is 107 Å². The van der Waals surface area contributed by atoms with Crippen LogP contribution in [0, 0.1) is 0 Å². The summed E-state index contributed by atoms with van der Waals surface area (Å²) in [4.78, 5) is 15.5. The van der Waals surface area contributed by atoms with Gasteiger partial charge in [-0.15, -0.1) is 0 Å². The fraction of sp³-hybridized carbons (Fsp3) is 0.455. The molecule has 1 aromatic rings. The summed E-state index contributed by atoms with van der Waals surface area (Å²) in [5, 5.41) is 4.54. The van der Waals surface area contributed by atoms with Gasteiger partial charge in [0.15, 0.2) is 0 Å². The number of alkyl halides is 4. The predicted octanol–water partition coefficient (Wildman–Crippen LogP) is 2.14. The maximum absolute atomic E-state index is 12.7. The molecule has 1 rings (SSSR count). The van der Waals surface area contributed by atoms with Crippen molar-refractivity contribution >= 4 is 11.7 Å². The van der Waals surface area contributed by atoms with Crippen molar-refractivity contribution in [2.24, 2.45) is 0 Å². The van der Waals surface area contributed by atoms with Gasteiger partial charge in [-0.25, -0.2) is 13.8 Å². The number of carbonyl (C=O) groups is 1. The van der Waals surface area contributed by atoms with Crippen LogP contribution in [0.25, 0.3) is 0 Å². The molecule has 0 aliphatic carbocycles. The molecule has 1 amide bonds. The molecule has 4 nitrogen and oxygen atoms in total. The molecule has 2 N–H and O–H groups in total. The molecule has 0 saturated carbocycles. The second-order valence-corrected chi connectivity index (χ2v) is 3.67. The van der Waals surface area contributed by atoms with Crippen LogP contribution in [0.2, 0.25) is 0 Å². The number of hydrogen-bond acceptors (Lipinski definition) is 3. The molecule has 0 fully saturated rings. The molecule has 0 bridgehead atoms. The Hall–Kier alpha value is -1.86. The molecule has 0 saturated heterocycles. The van der Waals surface area contributed by atoms with E-state index in [-0.39, 0.29) is 11.4 Å². The number of carbonyl (C=O) groups excluding carboxylic acids is 1. The fourth-order valence-electron chi connectivity index (χ4n) is 1.27. The monoisotopic (exact) mass is 279 g/mol. The summed E-state index contributed by atoms with van der Waals surface area (Å²) >= 11 is 0. The molecule has 0 aromatic carbocycles. The van der Waals surface area contributed by atoms with Crippen LogP contribution in [0.5, 0.6) is 0 Å². The van der Waals surface area contributed by atoms with E-state index < -0.39 is 24.8 Å². The van der Waals surface area contributed by atoms with Gasteiger partial charge in [0.1, 0.15) is 5.82 Å². The average molecular weight is 279 g/mol. The Bertz CT molecular complexity index is 440. The lowest BCUT2D eigenvalue weighted by atomic mass is 10.2. The van der Waals surface area contributed by atoms with Gasteiger partial charge in [-0.2, -0.15) is 8.78 Å². The van der Waals surface area contributed by atoms with E-state index in [0.29, 0.717) is 6.54 Å². The molecule has 0 aliphatic heterocycles. The summed E-state index contributed by atoms with van der Waals surface area (Å²) in [5.41, 5.74) is 0.0226. The zero-order chi connectivity index (χ0) is 14.5. The second kappa shape index (κ2) is 6.35. The highest BCUT2D eigenvalue weighted by Crippen LogP contribution is 2.21. The summed E-state index contributed by atoms with van der Waals surface area (Å²) in [5.74, 6) is -4.93. The van der Waals surface area contributed by atoms with Crippen molar-refractivity contribution in [3.8, 4) is 0 Å². The third-order valence-corrected chi connectivity index (χ3v) is 2.20. The van der Waals surface area contributed by atoms with Gasteiger partial charge in [-0.05, 0) is 19.1 Å². The van der Waals surface area contributed by atoms with E-state index in [1.165, 1.54) is 18.3 Å². The smallest absolute Gasteiger partial charge is 0.324 e. The highest BCUT2D eigenvalue weighted by molar-refractivity contribution is 5.98. The quantitative estimate of drug-likeness (QED) is 0.784. The van der Waals surface area contributed by atoms with Crippen molar-refractivity contribution in [1.29, 1.82) is 0 Å². The van der Waals surface area contributed by atoms with Crippen molar-refractivity contribution < 1.29 is 22.4 Å². The second-order valence-electron chi connectivity index (χ2n) is 3.67. The van der Waals surface area contributed by atoms with Crippen LogP contribution >= 0.6 is 0 Å². The van der Waals surface area contributed by atoms with Gasteiger partial charge in [0, 0.05) is 12.7 Å². The molecular weight excluding hydrogens is 266 g/mol. The number of nitrogens with one attached hydrogen (secondary N) is 2. The van der Waals surface area contributed by atoms with E-state index in [1.807, 2.05) is 0 Å². The van der Waals surface area contributed by atoms with Crippen molar-refractivity contribution in [3.05, 3.63) is 23.9 Å².